The quantitative estimate of drug-likeness (QED) is 0.0555. The van der Waals surface area contributed by atoms with E-state index in [-0.39, 0.29) is 0 Å². The van der Waals surface area contributed by atoms with Crippen LogP contribution >= 0.6 is 0 Å². The molecular weight excluding hydrogens is 821 g/mol. The third-order valence-electron chi connectivity index (χ3n) is 16.3. The molecular formula is C67H134O. The SMILES string of the molecule is CCCCCCCCCCCCCCCCCCCCCCCCCCC(=O)C(CCCCCCCCCCCCCCCCCC)CCCCCCCCCCCCCCCCCCCCC. The molecule has 0 N–H and O–H groups in total. The molecule has 1 nitrogen and oxygen atoms in total. The Morgan fingerprint density at radius 1 is 0.191 bits per heavy atom. The molecule has 0 aromatic carbocycles. The van der Waals surface area contributed by atoms with Gasteiger partial charge in [-0.25, -0.2) is 0 Å². The number of hydrogen-bond acceptors (Lipinski definition) is 1. The predicted molar refractivity (Wildman–Crippen MR) is 312 cm³/mol. The molecule has 0 aromatic rings. The largest absolute Gasteiger partial charge is 0.299 e. The van der Waals surface area contributed by atoms with Gasteiger partial charge in [0.25, 0.3) is 0 Å². The Kier molecular flexibility index (Phi) is 62.5. The van der Waals surface area contributed by atoms with Crippen molar-refractivity contribution in [3.05, 3.63) is 0 Å². The molecule has 1 heteroatoms. The summed E-state index contributed by atoms with van der Waals surface area (Å²) in [5, 5.41) is 0. The number of unbranched alkanes of at least 4 members (excludes halogenated alkanes) is 56. The highest BCUT2D eigenvalue weighted by atomic mass is 16.1. The van der Waals surface area contributed by atoms with E-state index in [4.69, 9.17) is 0 Å². The van der Waals surface area contributed by atoms with Gasteiger partial charge in [-0.15, -0.1) is 0 Å². The number of rotatable bonds is 63. The van der Waals surface area contributed by atoms with E-state index in [2.05, 4.69) is 20.8 Å². The lowest BCUT2D eigenvalue weighted by Crippen LogP contribution is -2.14. The second-order valence-corrected chi connectivity index (χ2v) is 23.3. The van der Waals surface area contributed by atoms with Crippen LogP contribution < -0.4 is 0 Å². The number of carbonyl (C=O) groups excluding carboxylic acids is 1. The average molecular weight is 956 g/mol. The molecule has 0 bridgehead atoms. The molecule has 0 fully saturated rings. The fourth-order valence-corrected chi connectivity index (χ4v) is 11.3. The van der Waals surface area contributed by atoms with E-state index < -0.39 is 0 Å². The molecule has 408 valence electrons. The number of carbonyl (C=O) groups is 1. The maximum atomic E-state index is 13.6. The molecule has 0 aliphatic heterocycles. The lowest BCUT2D eigenvalue weighted by Gasteiger charge is -2.16. The summed E-state index contributed by atoms with van der Waals surface area (Å²) >= 11 is 0. The van der Waals surface area contributed by atoms with Gasteiger partial charge in [0.05, 0.1) is 0 Å². The van der Waals surface area contributed by atoms with Gasteiger partial charge in [-0.2, -0.15) is 0 Å². The van der Waals surface area contributed by atoms with Crippen LogP contribution in [0.3, 0.4) is 0 Å². The van der Waals surface area contributed by atoms with Gasteiger partial charge >= 0.3 is 0 Å². The fourth-order valence-electron chi connectivity index (χ4n) is 11.3. The van der Waals surface area contributed by atoms with Gasteiger partial charge < -0.3 is 0 Å². The van der Waals surface area contributed by atoms with Gasteiger partial charge in [-0.1, -0.05) is 393 Å². The molecule has 0 amide bonds. The van der Waals surface area contributed by atoms with Crippen LogP contribution in [0.5, 0.6) is 0 Å². The van der Waals surface area contributed by atoms with Gasteiger partial charge in [-0.3, -0.25) is 4.79 Å². The maximum Gasteiger partial charge on any atom is 0.135 e. The van der Waals surface area contributed by atoms with Crippen molar-refractivity contribution in [1.82, 2.24) is 0 Å². The first-order chi connectivity index (χ1) is 33.8. The standard InChI is InChI=1S/C67H134O/c1-4-7-10-13-16-19-22-25-28-31-33-34-35-36-37-39-41-44-47-50-53-56-59-62-65-67(68)66(63-60-57-54-51-48-45-42-30-27-24-21-18-15-12-9-6-3)64-61-58-55-52-49-46-43-40-38-32-29-26-23-20-17-14-11-8-5-2/h66H,4-65H2,1-3H3. The highest BCUT2D eigenvalue weighted by Gasteiger charge is 2.17. The Morgan fingerprint density at radius 2 is 0.324 bits per heavy atom. The first kappa shape index (κ1) is 67.7. The van der Waals surface area contributed by atoms with Crippen LogP contribution in [-0.4, -0.2) is 5.78 Å². The summed E-state index contributed by atoms with van der Waals surface area (Å²) in [5.74, 6) is 0.990. The van der Waals surface area contributed by atoms with Crippen LogP contribution in [0.4, 0.5) is 0 Å². The third-order valence-corrected chi connectivity index (χ3v) is 16.3. The zero-order valence-corrected chi connectivity index (χ0v) is 48.3. The van der Waals surface area contributed by atoms with Gasteiger partial charge in [0.15, 0.2) is 0 Å². The number of hydrogen-bond donors (Lipinski definition) is 0. The lowest BCUT2D eigenvalue weighted by atomic mass is 9.88. The summed E-state index contributed by atoms with van der Waals surface area (Å²) in [6, 6.07) is 0. The molecule has 0 aromatic heterocycles. The van der Waals surface area contributed by atoms with Crippen molar-refractivity contribution in [3.8, 4) is 0 Å². The van der Waals surface area contributed by atoms with E-state index in [1.807, 2.05) is 0 Å². The number of Topliss-reactive ketones (excluding diaryl/α,β-unsaturated/α-hetero) is 1. The smallest absolute Gasteiger partial charge is 0.135 e. The topological polar surface area (TPSA) is 17.1 Å². The fraction of sp³-hybridized carbons (Fsp3) is 0.985. The first-order valence-corrected chi connectivity index (χ1v) is 33.3. The van der Waals surface area contributed by atoms with Crippen molar-refractivity contribution in [2.24, 2.45) is 5.92 Å². The van der Waals surface area contributed by atoms with E-state index >= 15 is 0 Å². The third kappa shape index (κ3) is 58.2. The molecule has 0 saturated carbocycles. The molecule has 0 radical (unpaired) electrons. The van der Waals surface area contributed by atoms with Gasteiger partial charge in [0.1, 0.15) is 5.78 Å². The summed E-state index contributed by atoms with van der Waals surface area (Å²) in [6.07, 6.45) is 87.5. The second kappa shape index (κ2) is 62.8. The Hall–Kier alpha value is -0.330. The van der Waals surface area contributed by atoms with Crippen LogP contribution in [0, 0.1) is 5.92 Å². The maximum absolute atomic E-state index is 13.6. The second-order valence-electron chi connectivity index (χ2n) is 23.3. The zero-order chi connectivity index (χ0) is 49.0. The molecule has 0 aliphatic rings. The van der Waals surface area contributed by atoms with Crippen molar-refractivity contribution in [2.75, 3.05) is 0 Å². The highest BCUT2D eigenvalue weighted by Crippen LogP contribution is 2.24. The van der Waals surface area contributed by atoms with E-state index in [0.717, 1.165) is 12.8 Å². The molecule has 0 heterocycles. The molecule has 0 aliphatic carbocycles. The Balaban J connectivity index is 4.03. The van der Waals surface area contributed by atoms with Crippen LogP contribution in [0.2, 0.25) is 0 Å². The van der Waals surface area contributed by atoms with Gasteiger partial charge in [0.2, 0.25) is 0 Å². The Labute approximate surface area is 433 Å². The van der Waals surface area contributed by atoms with E-state index in [1.165, 1.54) is 385 Å². The van der Waals surface area contributed by atoms with Crippen LogP contribution in [0.1, 0.15) is 419 Å². The summed E-state index contributed by atoms with van der Waals surface area (Å²) in [6.45, 7) is 6.94. The van der Waals surface area contributed by atoms with E-state index in [9.17, 15) is 4.79 Å². The van der Waals surface area contributed by atoms with Crippen molar-refractivity contribution in [3.63, 3.8) is 0 Å². The molecule has 68 heavy (non-hydrogen) atoms. The minimum absolute atomic E-state index is 0.358. The Morgan fingerprint density at radius 3 is 0.485 bits per heavy atom. The van der Waals surface area contributed by atoms with Gasteiger partial charge in [0, 0.05) is 12.3 Å². The molecule has 0 rings (SSSR count). The van der Waals surface area contributed by atoms with Crippen LogP contribution in [-0.2, 0) is 4.79 Å². The molecule has 1 unspecified atom stereocenters. The summed E-state index contributed by atoms with van der Waals surface area (Å²) in [4.78, 5) is 13.6. The molecule has 1 atom stereocenters. The predicted octanol–water partition coefficient (Wildman–Crippen LogP) is 25.4. The lowest BCUT2D eigenvalue weighted by molar-refractivity contribution is -0.123. The normalized spacial score (nSPS) is 12.2. The minimum atomic E-state index is 0.358. The van der Waals surface area contributed by atoms with Crippen LogP contribution in [0.25, 0.3) is 0 Å². The molecule has 0 spiro atoms. The van der Waals surface area contributed by atoms with Gasteiger partial charge in [-0.05, 0) is 19.3 Å². The summed E-state index contributed by atoms with van der Waals surface area (Å²) in [7, 11) is 0. The van der Waals surface area contributed by atoms with Crippen molar-refractivity contribution >= 4 is 5.78 Å². The Bertz CT molecular complexity index is 877. The van der Waals surface area contributed by atoms with Crippen molar-refractivity contribution < 1.29 is 4.79 Å². The zero-order valence-electron chi connectivity index (χ0n) is 48.3. The number of ketones is 1. The molecule has 0 saturated heterocycles. The minimum Gasteiger partial charge on any atom is -0.299 e. The van der Waals surface area contributed by atoms with E-state index in [0.29, 0.717) is 11.7 Å². The monoisotopic (exact) mass is 955 g/mol. The summed E-state index contributed by atoms with van der Waals surface area (Å²) < 4.78 is 0. The van der Waals surface area contributed by atoms with Crippen LogP contribution in [0.15, 0.2) is 0 Å². The highest BCUT2D eigenvalue weighted by molar-refractivity contribution is 5.80. The summed E-state index contributed by atoms with van der Waals surface area (Å²) in [5.41, 5.74) is 0. The average Bonchev–Trinajstić information content (AvgIpc) is 3.35. The van der Waals surface area contributed by atoms with E-state index in [1.54, 1.807) is 0 Å². The first-order valence-electron chi connectivity index (χ1n) is 33.3. The van der Waals surface area contributed by atoms with Crippen molar-refractivity contribution in [2.45, 2.75) is 419 Å². The van der Waals surface area contributed by atoms with Crippen molar-refractivity contribution in [1.29, 1.82) is 0 Å².